The number of piperidine rings is 1. The van der Waals surface area contributed by atoms with Gasteiger partial charge in [0.1, 0.15) is 16.0 Å². The van der Waals surface area contributed by atoms with E-state index in [4.69, 9.17) is 16.3 Å². The van der Waals surface area contributed by atoms with E-state index in [1.807, 2.05) is 0 Å². The van der Waals surface area contributed by atoms with Crippen LogP contribution in [-0.2, 0) is 14.8 Å². The van der Waals surface area contributed by atoms with Gasteiger partial charge in [-0.25, -0.2) is 8.42 Å². The molecule has 1 saturated heterocycles. The highest BCUT2D eigenvalue weighted by Crippen LogP contribution is 2.32. The van der Waals surface area contributed by atoms with Gasteiger partial charge in [0.2, 0.25) is 5.91 Å². The van der Waals surface area contributed by atoms with Crippen molar-refractivity contribution in [3.05, 3.63) is 40.7 Å². The summed E-state index contributed by atoms with van der Waals surface area (Å²) in [6.07, 6.45) is 2.02. The largest absolute Gasteiger partial charge is 0.497 e. The number of methoxy groups -OCH3 is 1. The Hall–Kier alpha value is -1.61. The highest BCUT2D eigenvalue weighted by atomic mass is 35.5. The first-order chi connectivity index (χ1) is 12.4. The zero-order valence-corrected chi connectivity index (χ0v) is 16.5. The van der Waals surface area contributed by atoms with E-state index in [0.717, 1.165) is 24.2 Å². The van der Waals surface area contributed by atoms with Gasteiger partial charge in [-0.2, -0.15) is 4.31 Å². The third-order valence-electron chi connectivity index (χ3n) is 4.23. The van der Waals surface area contributed by atoms with E-state index in [1.165, 1.54) is 10.4 Å². The number of rotatable bonds is 5. The highest BCUT2D eigenvalue weighted by Gasteiger charge is 2.38. The molecule has 0 aliphatic carbocycles. The Labute approximate surface area is 161 Å². The molecule has 1 fully saturated rings. The number of benzene rings is 1. The molecule has 1 amide bonds. The molecule has 26 heavy (non-hydrogen) atoms. The number of carbonyl (C=O) groups excluding carboxylic acids is 1. The number of halogens is 1. The Morgan fingerprint density at radius 2 is 1.96 bits per heavy atom. The first kappa shape index (κ1) is 19.2. The first-order valence-corrected chi connectivity index (χ1v) is 10.8. The van der Waals surface area contributed by atoms with Crippen molar-refractivity contribution in [1.82, 2.24) is 4.31 Å². The third-order valence-corrected chi connectivity index (χ3v) is 7.83. The number of amides is 1. The van der Waals surface area contributed by atoms with Gasteiger partial charge in [-0.15, -0.1) is 11.3 Å². The van der Waals surface area contributed by atoms with Gasteiger partial charge in [0, 0.05) is 12.2 Å². The van der Waals surface area contributed by atoms with Crippen LogP contribution in [-0.4, -0.2) is 38.3 Å². The minimum absolute atomic E-state index is 0.159. The minimum Gasteiger partial charge on any atom is -0.497 e. The summed E-state index contributed by atoms with van der Waals surface area (Å²) < 4.78 is 32.8. The highest BCUT2D eigenvalue weighted by molar-refractivity contribution is 7.91. The molecule has 3 rings (SSSR count). The summed E-state index contributed by atoms with van der Waals surface area (Å²) in [6, 6.07) is 9.20. The molecule has 1 N–H and O–H groups in total. The molecule has 9 heteroatoms. The van der Waals surface area contributed by atoms with E-state index in [-0.39, 0.29) is 10.1 Å². The van der Waals surface area contributed by atoms with Crippen LogP contribution in [0.5, 0.6) is 5.75 Å². The monoisotopic (exact) mass is 414 g/mol. The predicted octanol–water partition coefficient (Wildman–Crippen LogP) is 3.59. The number of carbonyl (C=O) groups is 1. The van der Waals surface area contributed by atoms with Gasteiger partial charge in [-0.05, 0) is 49.2 Å². The second-order valence-corrected chi connectivity index (χ2v) is 9.74. The molecular formula is C17H19ClN2O4S2. The van der Waals surface area contributed by atoms with E-state index in [9.17, 15) is 13.2 Å². The molecule has 1 aliphatic heterocycles. The molecule has 0 saturated carbocycles. The maximum atomic E-state index is 12.9. The molecular weight excluding hydrogens is 396 g/mol. The Morgan fingerprint density at radius 1 is 1.23 bits per heavy atom. The van der Waals surface area contributed by atoms with Crippen LogP contribution in [0.3, 0.4) is 0 Å². The normalized spacial score (nSPS) is 18.5. The maximum Gasteiger partial charge on any atom is 0.253 e. The van der Waals surface area contributed by atoms with Crippen molar-refractivity contribution in [1.29, 1.82) is 0 Å². The van der Waals surface area contributed by atoms with E-state index >= 15 is 0 Å². The quantitative estimate of drug-likeness (QED) is 0.811. The van der Waals surface area contributed by atoms with Gasteiger partial charge >= 0.3 is 0 Å². The summed E-state index contributed by atoms with van der Waals surface area (Å²) in [5, 5.41) is 2.80. The summed E-state index contributed by atoms with van der Waals surface area (Å²) in [6.45, 7) is 0.318. The summed E-state index contributed by atoms with van der Waals surface area (Å²) in [5.74, 6) is 0.348. The molecule has 1 atom stereocenters. The van der Waals surface area contributed by atoms with Crippen molar-refractivity contribution in [3.63, 3.8) is 0 Å². The predicted molar refractivity (Wildman–Crippen MR) is 102 cm³/mol. The lowest BCUT2D eigenvalue weighted by molar-refractivity contribution is -0.120. The van der Waals surface area contributed by atoms with Gasteiger partial charge < -0.3 is 10.1 Å². The fraction of sp³-hybridized carbons (Fsp3) is 0.353. The average molecular weight is 415 g/mol. The lowest BCUT2D eigenvalue weighted by Crippen LogP contribution is -2.49. The summed E-state index contributed by atoms with van der Waals surface area (Å²) >= 11 is 6.88. The van der Waals surface area contributed by atoms with Crippen molar-refractivity contribution in [2.24, 2.45) is 0 Å². The molecule has 1 unspecified atom stereocenters. The van der Waals surface area contributed by atoms with E-state index in [1.54, 1.807) is 37.4 Å². The summed E-state index contributed by atoms with van der Waals surface area (Å²) in [5.41, 5.74) is 0.595. The van der Waals surface area contributed by atoms with Crippen molar-refractivity contribution >= 4 is 44.6 Å². The van der Waals surface area contributed by atoms with Crippen molar-refractivity contribution in [2.45, 2.75) is 29.5 Å². The van der Waals surface area contributed by atoms with Crippen LogP contribution in [0, 0.1) is 0 Å². The molecule has 0 bridgehead atoms. The number of nitrogens with zero attached hydrogens (tertiary/aromatic N) is 1. The molecule has 2 heterocycles. The Bertz CT molecular complexity index is 880. The van der Waals surface area contributed by atoms with E-state index < -0.39 is 16.1 Å². The second kappa shape index (κ2) is 7.96. The third kappa shape index (κ3) is 4.03. The summed E-state index contributed by atoms with van der Waals surface area (Å²) in [4.78, 5) is 12.7. The molecule has 140 valence electrons. The topological polar surface area (TPSA) is 75.7 Å². The molecule has 6 nitrogen and oxygen atoms in total. The lowest BCUT2D eigenvalue weighted by Gasteiger charge is -2.33. The van der Waals surface area contributed by atoms with E-state index in [0.29, 0.717) is 28.7 Å². The minimum atomic E-state index is -3.75. The van der Waals surface area contributed by atoms with Crippen molar-refractivity contribution in [3.8, 4) is 5.75 Å². The Balaban J connectivity index is 1.80. The maximum absolute atomic E-state index is 12.9. The smallest absolute Gasteiger partial charge is 0.253 e. The number of anilines is 1. The number of hydrogen-bond donors (Lipinski definition) is 1. The molecule has 1 aliphatic rings. The number of ether oxygens (including phenoxy) is 1. The first-order valence-electron chi connectivity index (χ1n) is 8.14. The molecule has 1 aromatic carbocycles. The fourth-order valence-electron chi connectivity index (χ4n) is 2.91. The molecule has 0 radical (unpaired) electrons. The average Bonchev–Trinajstić information content (AvgIpc) is 3.09. The van der Waals surface area contributed by atoms with Crippen molar-refractivity contribution in [2.75, 3.05) is 19.0 Å². The van der Waals surface area contributed by atoms with Crippen LogP contribution < -0.4 is 10.1 Å². The van der Waals surface area contributed by atoms with Crippen LogP contribution in [0.2, 0.25) is 4.34 Å². The molecule has 2 aromatic rings. The van der Waals surface area contributed by atoms with Crippen LogP contribution in [0.25, 0.3) is 0 Å². The van der Waals surface area contributed by atoms with Gasteiger partial charge in [0.25, 0.3) is 10.0 Å². The Morgan fingerprint density at radius 3 is 2.58 bits per heavy atom. The van der Waals surface area contributed by atoms with Gasteiger partial charge in [0.05, 0.1) is 11.4 Å². The number of hydrogen-bond acceptors (Lipinski definition) is 5. The number of thiophene rings is 1. The Kier molecular flexibility index (Phi) is 5.86. The molecule has 0 spiro atoms. The van der Waals surface area contributed by atoms with Gasteiger partial charge in [-0.1, -0.05) is 18.0 Å². The zero-order valence-electron chi connectivity index (χ0n) is 14.1. The second-order valence-electron chi connectivity index (χ2n) is 5.90. The summed E-state index contributed by atoms with van der Waals surface area (Å²) in [7, 11) is -2.19. The van der Waals surface area contributed by atoms with Gasteiger partial charge in [0.15, 0.2) is 0 Å². The van der Waals surface area contributed by atoms with Crippen molar-refractivity contribution < 1.29 is 17.9 Å². The lowest BCUT2D eigenvalue weighted by atomic mass is 10.0. The van der Waals surface area contributed by atoms with Crippen LogP contribution >= 0.6 is 22.9 Å². The zero-order chi connectivity index (χ0) is 18.7. The molecule has 1 aromatic heterocycles. The number of sulfonamides is 1. The number of nitrogens with one attached hydrogen (secondary N) is 1. The van der Waals surface area contributed by atoms with Crippen LogP contribution in [0.1, 0.15) is 19.3 Å². The standard InChI is InChI=1S/C17H19ClN2O4S2/c1-24-13-7-5-12(6-8-13)19-17(21)14-4-2-3-11-20(14)26(22,23)16-10-9-15(18)25-16/h5-10,14H,2-4,11H2,1H3,(H,19,21). The van der Waals surface area contributed by atoms with Crippen LogP contribution in [0.4, 0.5) is 5.69 Å². The SMILES string of the molecule is COc1ccc(NC(=O)C2CCCCN2S(=O)(=O)c2ccc(Cl)s2)cc1. The van der Waals surface area contributed by atoms with E-state index in [2.05, 4.69) is 5.32 Å². The van der Waals surface area contributed by atoms with Crippen LogP contribution in [0.15, 0.2) is 40.6 Å². The fourth-order valence-corrected chi connectivity index (χ4v) is 6.18. The van der Waals surface area contributed by atoms with Gasteiger partial charge in [-0.3, -0.25) is 4.79 Å².